The highest BCUT2D eigenvalue weighted by atomic mass is 32.1. The third-order valence-corrected chi connectivity index (χ3v) is 4.77. The van der Waals surface area contributed by atoms with Crippen LogP contribution in [-0.2, 0) is 4.79 Å². The summed E-state index contributed by atoms with van der Waals surface area (Å²) < 4.78 is 0. The van der Waals surface area contributed by atoms with Crippen LogP contribution in [0.25, 0.3) is 0 Å². The van der Waals surface area contributed by atoms with Crippen molar-refractivity contribution in [3.63, 3.8) is 0 Å². The molecule has 1 unspecified atom stereocenters. The minimum absolute atomic E-state index is 0.224. The second-order valence-electron chi connectivity index (χ2n) is 6.42. The highest BCUT2D eigenvalue weighted by Crippen LogP contribution is 2.21. The summed E-state index contributed by atoms with van der Waals surface area (Å²) in [5, 5.41) is 5.82. The number of fused-ring (bicyclic) bond motifs is 1. The average Bonchev–Trinajstić information content (AvgIpc) is 2.87. The normalized spacial score (nSPS) is 14.2. The van der Waals surface area contributed by atoms with Crippen LogP contribution in [0.2, 0.25) is 0 Å². The minimum Gasteiger partial charge on any atom is -0.362 e. The molecule has 26 heavy (non-hydrogen) atoms. The lowest BCUT2D eigenvalue weighted by Gasteiger charge is -2.18. The molecule has 0 aliphatic carbocycles. The van der Waals surface area contributed by atoms with Gasteiger partial charge in [-0.3, -0.25) is 19.3 Å². The number of unbranched alkanes of at least 4 members (excludes halogenated alkanes) is 1. The molecule has 7 heteroatoms. The van der Waals surface area contributed by atoms with Crippen LogP contribution >= 0.6 is 12.2 Å². The van der Waals surface area contributed by atoms with Crippen molar-refractivity contribution in [2.75, 3.05) is 13.1 Å². The fourth-order valence-corrected chi connectivity index (χ4v) is 3.11. The van der Waals surface area contributed by atoms with Gasteiger partial charge in [-0.2, -0.15) is 0 Å². The van der Waals surface area contributed by atoms with E-state index in [1.807, 2.05) is 0 Å². The van der Waals surface area contributed by atoms with E-state index in [-0.39, 0.29) is 11.7 Å². The molecule has 140 valence electrons. The van der Waals surface area contributed by atoms with Crippen LogP contribution in [0, 0.1) is 5.92 Å². The maximum Gasteiger partial charge on any atom is 0.262 e. The number of carbonyl (C=O) groups is 3. The van der Waals surface area contributed by atoms with Gasteiger partial charge in [0.2, 0.25) is 5.91 Å². The Labute approximate surface area is 159 Å². The Morgan fingerprint density at radius 2 is 1.77 bits per heavy atom. The predicted molar refractivity (Wildman–Crippen MR) is 104 cm³/mol. The lowest BCUT2D eigenvalue weighted by atomic mass is 9.99. The van der Waals surface area contributed by atoms with Gasteiger partial charge in [0.15, 0.2) is 5.11 Å². The summed E-state index contributed by atoms with van der Waals surface area (Å²) in [7, 11) is 0. The number of imide groups is 1. The SMILES string of the molecule is CCCCC(CC)CNC(=S)NC(=O)CN1C(=O)c2ccccc2C1=O. The lowest BCUT2D eigenvalue weighted by Crippen LogP contribution is -2.46. The second kappa shape index (κ2) is 9.43. The zero-order chi connectivity index (χ0) is 19.1. The standard InChI is InChI=1S/C19H25N3O3S/c1-3-5-8-13(4-2)11-20-19(26)21-16(23)12-22-17(24)14-9-6-7-10-15(14)18(22)25/h6-7,9-10,13H,3-5,8,11-12H2,1-2H3,(H2,20,21,23,26). The quantitative estimate of drug-likeness (QED) is 0.539. The Bertz CT molecular complexity index is 670. The summed E-state index contributed by atoms with van der Waals surface area (Å²) in [5.41, 5.74) is 0.653. The Hall–Kier alpha value is -2.28. The van der Waals surface area contributed by atoms with E-state index in [9.17, 15) is 14.4 Å². The van der Waals surface area contributed by atoms with Crippen molar-refractivity contribution in [1.82, 2.24) is 15.5 Å². The summed E-state index contributed by atoms with van der Waals surface area (Å²) in [6, 6.07) is 6.55. The second-order valence-corrected chi connectivity index (χ2v) is 6.82. The van der Waals surface area contributed by atoms with Gasteiger partial charge in [0.25, 0.3) is 11.8 Å². The molecule has 1 heterocycles. The molecule has 1 aliphatic rings. The minimum atomic E-state index is -0.487. The van der Waals surface area contributed by atoms with Gasteiger partial charge >= 0.3 is 0 Å². The van der Waals surface area contributed by atoms with Gasteiger partial charge in [-0.15, -0.1) is 0 Å². The van der Waals surface area contributed by atoms with Crippen LogP contribution in [-0.4, -0.2) is 40.8 Å². The number of amides is 3. The molecule has 1 aliphatic heterocycles. The first-order valence-corrected chi connectivity index (χ1v) is 9.41. The molecule has 0 radical (unpaired) electrons. The van der Waals surface area contributed by atoms with Crippen molar-refractivity contribution in [1.29, 1.82) is 0 Å². The first-order chi connectivity index (χ1) is 12.5. The molecule has 1 aromatic rings. The van der Waals surface area contributed by atoms with Gasteiger partial charge in [-0.05, 0) is 36.7 Å². The number of nitrogens with zero attached hydrogens (tertiary/aromatic N) is 1. The third kappa shape index (κ3) is 4.88. The van der Waals surface area contributed by atoms with Gasteiger partial charge in [-0.1, -0.05) is 45.2 Å². The number of thiocarbonyl (C=S) groups is 1. The van der Waals surface area contributed by atoms with Crippen LogP contribution in [0.4, 0.5) is 0 Å². The molecule has 0 fully saturated rings. The third-order valence-electron chi connectivity index (χ3n) is 4.53. The number of nitrogens with one attached hydrogen (secondary N) is 2. The Morgan fingerprint density at radius 3 is 2.31 bits per heavy atom. The monoisotopic (exact) mass is 375 g/mol. The van der Waals surface area contributed by atoms with E-state index >= 15 is 0 Å². The Kier molecular flexibility index (Phi) is 7.26. The first-order valence-electron chi connectivity index (χ1n) is 9.00. The first kappa shape index (κ1) is 20.0. The zero-order valence-corrected chi connectivity index (χ0v) is 16.0. The number of hydrogen-bond acceptors (Lipinski definition) is 4. The van der Waals surface area contributed by atoms with Crippen molar-refractivity contribution < 1.29 is 14.4 Å². The summed E-state index contributed by atoms with van der Waals surface area (Å²) in [6.45, 7) is 4.64. The summed E-state index contributed by atoms with van der Waals surface area (Å²) in [5.74, 6) is -0.893. The number of hydrogen-bond donors (Lipinski definition) is 2. The number of carbonyl (C=O) groups excluding carboxylic acids is 3. The van der Waals surface area contributed by atoms with E-state index in [2.05, 4.69) is 24.5 Å². The summed E-state index contributed by atoms with van der Waals surface area (Å²) >= 11 is 5.15. The molecule has 3 amide bonds. The van der Waals surface area contributed by atoms with Crippen molar-refractivity contribution in [3.05, 3.63) is 35.4 Å². The number of benzene rings is 1. The van der Waals surface area contributed by atoms with E-state index in [1.54, 1.807) is 24.3 Å². The highest BCUT2D eigenvalue weighted by molar-refractivity contribution is 7.80. The summed E-state index contributed by atoms with van der Waals surface area (Å²) in [4.78, 5) is 37.6. The molecular formula is C19H25N3O3S. The van der Waals surface area contributed by atoms with Gasteiger partial charge in [0.1, 0.15) is 6.54 Å². The van der Waals surface area contributed by atoms with Gasteiger partial charge in [0, 0.05) is 6.54 Å². The highest BCUT2D eigenvalue weighted by Gasteiger charge is 2.36. The number of rotatable bonds is 8. The predicted octanol–water partition coefficient (Wildman–Crippen LogP) is 2.49. The van der Waals surface area contributed by atoms with Crippen molar-refractivity contribution in [2.24, 2.45) is 5.92 Å². The van der Waals surface area contributed by atoms with Crippen molar-refractivity contribution in [2.45, 2.75) is 39.5 Å². The fraction of sp³-hybridized carbons (Fsp3) is 0.474. The maximum atomic E-state index is 12.3. The molecular weight excluding hydrogens is 350 g/mol. The van der Waals surface area contributed by atoms with E-state index < -0.39 is 17.7 Å². The van der Waals surface area contributed by atoms with Crippen LogP contribution in [0.5, 0.6) is 0 Å². The fourth-order valence-electron chi connectivity index (χ4n) is 2.92. The smallest absolute Gasteiger partial charge is 0.262 e. The van der Waals surface area contributed by atoms with Crippen LogP contribution < -0.4 is 10.6 Å². The Morgan fingerprint density at radius 1 is 1.15 bits per heavy atom. The molecule has 1 atom stereocenters. The molecule has 0 aromatic heterocycles. The Balaban J connectivity index is 1.83. The molecule has 0 bridgehead atoms. The molecule has 0 saturated carbocycles. The van der Waals surface area contributed by atoms with Crippen LogP contribution in [0.15, 0.2) is 24.3 Å². The zero-order valence-electron chi connectivity index (χ0n) is 15.2. The van der Waals surface area contributed by atoms with E-state index in [4.69, 9.17) is 12.2 Å². The molecule has 2 N–H and O–H groups in total. The molecule has 0 spiro atoms. The molecule has 6 nitrogen and oxygen atoms in total. The lowest BCUT2D eigenvalue weighted by molar-refractivity contribution is -0.120. The van der Waals surface area contributed by atoms with Crippen molar-refractivity contribution >= 4 is 35.1 Å². The average molecular weight is 375 g/mol. The molecule has 2 rings (SSSR count). The maximum absolute atomic E-state index is 12.3. The van der Waals surface area contributed by atoms with Gasteiger partial charge in [-0.25, -0.2) is 0 Å². The summed E-state index contributed by atoms with van der Waals surface area (Å²) in [6.07, 6.45) is 4.47. The van der Waals surface area contributed by atoms with E-state index in [1.165, 1.54) is 6.42 Å². The van der Waals surface area contributed by atoms with E-state index in [0.29, 0.717) is 23.6 Å². The van der Waals surface area contributed by atoms with Crippen molar-refractivity contribution in [3.8, 4) is 0 Å². The van der Waals surface area contributed by atoms with Crippen LogP contribution in [0.3, 0.4) is 0 Å². The largest absolute Gasteiger partial charge is 0.362 e. The molecule has 0 saturated heterocycles. The van der Waals surface area contributed by atoms with E-state index in [0.717, 1.165) is 24.2 Å². The van der Waals surface area contributed by atoms with Crippen LogP contribution in [0.1, 0.15) is 60.2 Å². The van der Waals surface area contributed by atoms with Gasteiger partial charge in [0.05, 0.1) is 11.1 Å². The topological polar surface area (TPSA) is 78.5 Å². The van der Waals surface area contributed by atoms with Gasteiger partial charge < -0.3 is 10.6 Å². The molecule has 1 aromatic carbocycles.